The normalized spacial score (nSPS) is 15.7. The van der Waals surface area contributed by atoms with E-state index < -0.39 is 12.8 Å². The molecular weight excluding hydrogens is 245 g/mol. The van der Waals surface area contributed by atoms with E-state index in [2.05, 4.69) is 24.0 Å². The van der Waals surface area contributed by atoms with Gasteiger partial charge >= 0.3 is 6.18 Å². The van der Waals surface area contributed by atoms with Crippen LogP contribution in [0.25, 0.3) is 0 Å². The fourth-order valence-electron chi connectivity index (χ4n) is 1.88. The first-order chi connectivity index (χ1) is 8.42. The number of hydrogen-bond donors (Lipinski definition) is 2. The highest BCUT2D eigenvalue weighted by molar-refractivity contribution is 4.69. The summed E-state index contributed by atoms with van der Waals surface area (Å²) in [6.07, 6.45) is 0.847. The van der Waals surface area contributed by atoms with Gasteiger partial charge in [0.1, 0.15) is 6.61 Å². The number of unbranched alkanes of at least 4 members (excludes halogenated alkanes) is 1. The quantitative estimate of drug-likeness (QED) is 0.474. The monoisotopic (exact) mass is 270 g/mol. The molecule has 0 aromatic carbocycles. The first-order valence-electron chi connectivity index (χ1n) is 6.53. The van der Waals surface area contributed by atoms with E-state index in [1.165, 1.54) is 0 Å². The molecule has 0 aromatic rings. The Morgan fingerprint density at radius 2 is 1.94 bits per heavy atom. The van der Waals surface area contributed by atoms with Crippen molar-refractivity contribution in [3.63, 3.8) is 0 Å². The zero-order valence-electron chi connectivity index (χ0n) is 11.2. The van der Waals surface area contributed by atoms with Gasteiger partial charge in [0.05, 0.1) is 6.61 Å². The molecule has 0 fully saturated rings. The molecule has 0 aliphatic carbocycles. The van der Waals surface area contributed by atoms with Crippen LogP contribution in [0.15, 0.2) is 0 Å². The molecule has 2 unspecified atom stereocenters. The summed E-state index contributed by atoms with van der Waals surface area (Å²) >= 11 is 0. The fraction of sp³-hybridized carbons (Fsp3) is 1.00. The second-order valence-electron chi connectivity index (χ2n) is 4.65. The molecule has 0 aliphatic heterocycles. The summed E-state index contributed by atoms with van der Waals surface area (Å²) in [6.45, 7) is 3.00. The maximum absolute atomic E-state index is 11.9. The predicted molar refractivity (Wildman–Crippen MR) is 65.9 cm³/mol. The van der Waals surface area contributed by atoms with Gasteiger partial charge in [-0.15, -0.1) is 0 Å². The highest BCUT2D eigenvalue weighted by atomic mass is 19.4. The highest BCUT2D eigenvalue weighted by Crippen LogP contribution is 2.19. The number of ether oxygens (including phenoxy) is 1. The van der Waals surface area contributed by atoms with Gasteiger partial charge in [-0.3, -0.25) is 11.3 Å². The summed E-state index contributed by atoms with van der Waals surface area (Å²) in [5, 5.41) is 0. The van der Waals surface area contributed by atoms with Crippen LogP contribution >= 0.6 is 0 Å². The first kappa shape index (κ1) is 17.7. The van der Waals surface area contributed by atoms with E-state index >= 15 is 0 Å². The van der Waals surface area contributed by atoms with Gasteiger partial charge in [0.2, 0.25) is 0 Å². The molecular formula is C12H25F3N2O. The summed E-state index contributed by atoms with van der Waals surface area (Å²) in [5.41, 5.74) is 2.54. The number of nitrogens with two attached hydrogens (primary N) is 1. The van der Waals surface area contributed by atoms with E-state index in [0.29, 0.717) is 5.92 Å². The Morgan fingerprint density at radius 3 is 2.39 bits per heavy atom. The second kappa shape index (κ2) is 9.58. The van der Waals surface area contributed by atoms with Crippen molar-refractivity contribution in [2.45, 2.75) is 58.2 Å². The molecule has 2 atom stereocenters. The molecule has 0 saturated heterocycles. The van der Waals surface area contributed by atoms with Crippen LogP contribution in [0.3, 0.4) is 0 Å². The lowest BCUT2D eigenvalue weighted by atomic mass is 9.92. The average molecular weight is 270 g/mol. The molecule has 110 valence electrons. The van der Waals surface area contributed by atoms with Crippen molar-refractivity contribution in [3.05, 3.63) is 0 Å². The van der Waals surface area contributed by atoms with E-state index in [0.717, 1.165) is 32.1 Å². The van der Waals surface area contributed by atoms with Crippen molar-refractivity contribution in [1.82, 2.24) is 5.43 Å². The van der Waals surface area contributed by atoms with Crippen LogP contribution in [-0.2, 0) is 4.74 Å². The third-order valence-corrected chi connectivity index (χ3v) is 2.98. The van der Waals surface area contributed by atoms with Gasteiger partial charge in [0.15, 0.2) is 0 Å². The molecule has 3 N–H and O–H groups in total. The van der Waals surface area contributed by atoms with Crippen LogP contribution in [-0.4, -0.2) is 25.4 Å². The van der Waals surface area contributed by atoms with Crippen molar-refractivity contribution in [2.24, 2.45) is 11.8 Å². The van der Waals surface area contributed by atoms with Crippen LogP contribution in [0.2, 0.25) is 0 Å². The lowest BCUT2D eigenvalue weighted by Gasteiger charge is -2.22. The number of hydrazine groups is 1. The second-order valence-corrected chi connectivity index (χ2v) is 4.65. The van der Waals surface area contributed by atoms with Gasteiger partial charge in [-0.1, -0.05) is 39.5 Å². The Kier molecular flexibility index (Phi) is 9.40. The Labute approximate surface area is 107 Å². The zero-order chi connectivity index (χ0) is 14.0. The number of nitrogens with one attached hydrogen (secondary N) is 1. The lowest BCUT2D eigenvalue weighted by Crippen LogP contribution is -2.40. The lowest BCUT2D eigenvalue weighted by molar-refractivity contribution is -0.175. The number of rotatable bonds is 10. The number of hydrogen-bond acceptors (Lipinski definition) is 3. The fourth-order valence-corrected chi connectivity index (χ4v) is 1.88. The van der Waals surface area contributed by atoms with Gasteiger partial charge < -0.3 is 4.74 Å². The van der Waals surface area contributed by atoms with Gasteiger partial charge in [0.25, 0.3) is 0 Å². The maximum atomic E-state index is 11.9. The van der Waals surface area contributed by atoms with Crippen molar-refractivity contribution >= 4 is 0 Å². The molecule has 0 amide bonds. The molecule has 0 saturated carbocycles. The Balaban J connectivity index is 3.92. The smallest absolute Gasteiger partial charge is 0.370 e. The molecule has 0 rings (SSSR count). The van der Waals surface area contributed by atoms with E-state index in [1.807, 2.05) is 0 Å². The summed E-state index contributed by atoms with van der Waals surface area (Å²) in [5.74, 6) is 5.83. The van der Waals surface area contributed by atoms with E-state index in [4.69, 9.17) is 5.84 Å². The summed E-state index contributed by atoms with van der Waals surface area (Å²) in [6, 6.07) is -0.214. The van der Waals surface area contributed by atoms with Crippen LogP contribution in [0, 0.1) is 5.92 Å². The van der Waals surface area contributed by atoms with Gasteiger partial charge in [0, 0.05) is 6.04 Å². The molecule has 6 heteroatoms. The molecule has 0 spiro atoms. The minimum absolute atomic E-state index is 0.00135. The molecule has 0 bridgehead atoms. The summed E-state index contributed by atoms with van der Waals surface area (Å²) in [7, 11) is 0. The largest absolute Gasteiger partial charge is 0.411 e. The molecule has 0 radical (unpaired) electrons. The summed E-state index contributed by atoms with van der Waals surface area (Å²) in [4.78, 5) is 0. The van der Waals surface area contributed by atoms with Gasteiger partial charge in [-0.05, 0) is 12.3 Å². The minimum atomic E-state index is -4.27. The van der Waals surface area contributed by atoms with Crippen LogP contribution in [0.1, 0.15) is 46.0 Å². The third-order valence-electron chi connectivity index (χ3n) is 2.98. The standard InChI is InChI=1S/C12H25F3N2O/c1-3-5-6-10(4-2)7-11(17-16)8-18-9-12(13,14)15/h10-11,17H,3-9,16H2,1-2H3. The maximum Gasteiger partial charge on any atom is 0.411 e. The van der Waals surface area contributed by atoms with Crippen molar-refractivity contribution in [1.29, 1.82) is 0 Å². The van der Waals surface area contributed by atoms with Crippen molar-refractivity contribution in [2.75, 3.05) is 13.2 Å². The van der Waals surface area contributed by atoms with Crippen molar-refractivity contribution in [3.8, 4) is 0 Å². The molecule has 0 aliphatic rings. The number of halogens is 3. The predicted octanol–water partition coefficient (Wildman–Crippen LogP) is 3.00. The average Bonchev–Trinajstić information content (AvgIpc) is 2.30. The first-order valence-corrected chi connectivity index (χ1v) is 6.53. The third kappa shape index (κ3) is 9.67. The molecule has 3 nitrogen and oxygen atoms in total. The van der Waals surface area contributed by atoms with Gasteiger partial charge in [-0.25, -0.2) is 0 Å². The van der Waals surface area contributed by atoms with Crippen LogP contribution in [0.4, 0.5) is 13.2 Å². The Bertz CT molecular complexity index is 200. The van der Waals surface area contributed by atoms with Crippen LogP contribution in [0.5, 0.6) is 0 Å². The molecule has 18 heavy (non-hydrogen) atoms. The van der Waals surface area contributed by atoms with E-state index in [1.54, 1.807) is 0 Å². The Morgan fingerprint density at radius 1 is 1.28 bits per heavy atom. The topological polar surface area (TPSA) is 47.3 Å². The SMILES string of the molecule is CCCCC(CC)CC(COCC(F)(F)F)NN. The number of alkyl halides is 3. The van der Waals surface area contributed by atoms with Crippen molar-refractivity contribution < 1.29 is 17.9 Å². The van der Waals surface area contributed by atoms with E-state index in [-0.39, 0.29) is 12.6 Å². The zero-order valence-corrected chi connectivity index (χ0v) is 11.2. The van der Waals surface area contributed by atoms with Crippen LogP contribution < -0.4 is 11.3 Å². The minimum Gasteiger partial charge on any atom is -0.370 e. The van der Waals surface area contributed by atoms with E-state index in [9.17, 15) is 13.2 Å². The van der Waals surface area contributed by atoms with Gasteiger partial charge in [-0.2, -0.15) is 13.2 Å². The molecule has 0 aromatic heterocycles. The highest BCUT2D eigenvalue weighted by Gasteiger charge is 2.28. The Hall–Kier alpha value is -0.330. The summed E-state index contributed by atoms with van der Waals surface area (Å²) < 4.78 is 40.4. The molecule has 0 heterocycles.